The van der Waals surface area contributed by atoms with Crippen LogP contribution in [0, 0.1) is 0 Å². The zero-order chi connectivity index (χ0) is 10.1. The Morgan fingerprint density at radius 3 is 2.38 bits per heavy atom. The van der Waals surface area contributed by atoms with Gasteiger partial charge < -0.3 is 5.11 Å². The Morgan fingerprint density at radius 1 is 1.31 bits per heavy atom. The average molecular weight is 211 g/mol. The van der Waals surface area contributed by atoms with Crippen molar-refractivity contribution in [1.82, 2.24) is 0 Å². The highest BCUT2D eigenvalue weighted by Gasteiger charge is 2.33. The van der Waals surface area contributed by atoms with Gasteiger partial charge in [-0.3, -0.25) is 0 Å². The van der Waals surface area contributed by atoms with Crippen molar-refractivity contribution in [3.63, 3.8) is 0 Å². The van der Waals surface area contributed by atoms with Crippen molar-refractivity contribution < 1.29 is 18.3 Å². The number of benzene rings is 1. The number of phenols is 1. The topological polar surface area (TPSA) is 20.2 Å². The number of aromatic hydroxyl groups is 1. The van der Waals surface area contributed by atoms with Gasteiger partial charge in [0.2, 0.25) is 0 Å². The third kappa shape index (κ3) is 2.28. The van der Waals surface area contributed by atoms with E-state index in [2.05, 4.69) is 0 Å². The molecule has 0 heterocycles. The van der Waals surface area contributed by atoms with Crippen molar-refractivity contribution in [3.8, 4) is 5.75 Å². The summed E-state index contributed by atoms with van der Waals surface area (Å²) in [5, 5.41) is 8.85. The molecule has 0 aliphatic rings. The van der Waals surface area contributed by atoms with Crippen LogP contribution in [0.3, 0.4) is 0 Å². The fourth-order valence-electron chi connectivity index (χ4n) is 0.945. The molecule has 0 aliphatic heterocycles. The van der Waals surface area contributed by atoms with Gasteiger partial charge in [-0.25, -0.2) is 0 Å². The summed E-state index contributed by atoms with van der Waals surface area (Å²) in [4.78, 5) is 0. The minimum absolute atomic E-state index is 0.0352. The molecule has 0 fully saturated rings. The van der Waals surface area contributed by atoms with E-state index >= 15 is 0 Å². The molecule has 0 bridgehead atoms. The first-order chi connectivity index (χ1) is 5.95. The normalized spacial score (nSPS) is 11.7. The van der Waals surface area contributed by atoms with Gasteiger partial charge in [0.25, 0.3) is 0 Å². The molecule has 0 amide bonds. The summed E-state index contributed by atoms with van der Waals surface area (Å²) in [6.45, 7) is 0. The number of hydrogen-bond donors (Lipinski definition) is 1. The predicted molar refractivity (Wildman–Crippen MR) is 42.7 cm³/mol. The van der Waals surface area contributed by atoms with Crippen molar-refractivity contribution in [2.24, 2.45) is 0 Å². The van der Waals surface area contributed by atoms with Crippen LogP contribution in [0.15, 0.2) is 18.2 Å². The molecule has 0 radical (unpaired) electrons. The van der Waals surface area contributed by atoms with E-state index in [-0.39, 0.29) is 11.4 Å². The Bertz CT molecular complexity index is 309. The van der Waals surface area contributed by atoms with Gasteiger partial charge in [0.05, 0.1) is 5.56 Å². The summed E-state index contributed by atoms with van der Waals surface area (Å²) in [6.07, 6.45) is -4.47. The van der Waals surface area contributed by atoms with E-state index in [9.17, 15) is 13.2 Å². The van der Waals surface area contributed by atoms with Crippen LogP contribution in [0.4, 0.5) is 13.2 Å². The summed E-state index contributed by atoms with van der Waals surface area (Å²) in [5.74, 6) is -0.643. The van der Waals surface area contributed by atoms with E-state index < -0.39 is 17.5 Å². The second kappa shape index (κ2) is 3.46. The molecule has 1 rings (SSSR count). The van der Waals surface area contributed by atoms with Gasteiger partial charge in [-0.2, -0.15) is 13.2 Å². The average Bonchev–Trinajstić information content (AvgIpc) is 2.03. The first kappa shape index (κ1) is 10.2. The van der Waals surface area contributed by atoms with E-state index in [1.165, 1.54) is 6.07 Å². The standard InChI is InChI=1S/C8H6ClF3O/c9-4-5-1-2-6(13)3-7(5)8(10,11)12/h1-3,13H,4H2. The SMILES string of the molecule is Oc1ccc(CCl)c(C(F)(F)F)c1. The van der Waals surface area contributed by atoms with Crippen LogP contribution in [0.25, 0.3) is 0 Å². The lowest BCUT2D eigenvalue weighted by molar-refractivity contribution is -0.138. The van der Waals surface area contributed by atoms with Crippen LogP contribution in [-0.4, -0.2) is 5.11 Å². The van der Waals surface area contributed by atoms with Crippen LogP contribution in [0.5, 0.6) is 5.75 Å². The minimum atomic E-state index is -4.47. The molecule has 0 saturated heterocycles. The monoisotopic (exact) mass is 210 g/mol. The Labute approximate surface area is 77.8 Å². The first-order valence-electron chi connectivity index (χ1n) is 3.40. The maximum absolute atomic E-state index is 12.2. The van der Waals surface area contributed by atoms with Gasteiger partial charge in [0.1, 0.15) is 5.75 Å². The molecular formula is C8H6ClF3O. The zero-order valence-electron chi connectivity index (χ0n) is 6.40. The molecule has 1 N–H and O–H groups in total. The Morgan fingerprint density at radius 2 is 1.92 bits per heavy atom. The lowest BCUT2D eigenvalue weighted by Crippen LogP contribution is -2.07. The summed E-state index contributed by atoms with van der Waals surface area (Å²) in [7, 11) is 0. The fraction of sp³-hybridized carbons (Fsp3) is 0.250. The molecule has 0 unspecified atom stereocenters. The smallest absolute Gasteiger partial charge is 0.416 e. The molecule has 0 atom stereocenters. The van der Waals surface area contributed by atoms with Crippen LogP contribution in [0.2, 0.25) is 0 Å². The van der Waals surface area contributed by atoms with Gasteiger partial charge >= 0.3 is 6.18 Å². The van der Waals surface area contributed by atoms with Crippen molar-refractivity contribution in [1.29, 1.82) is 0 Å². The van der Waals surface area contributed by atoms with E-state index in [0.717, 1.165) is 6.07 Å². The quantitative estimate of drug-likeness (QED) is 0.706. The van der Waals surface area contributed by atoms with Crippen molar-refractivity contribution >= 4 is 11.6 Å². The van der Waals surface area contributed by atoms with Crippen LogP contribution in [0.1, 0.15) is 11.1 Å². The molecule has 1 aromatic rings. The van der Waals surface area contributed by atoms with Gasteiger partial charge in [-0.15, -0.1) is 11.6 Å². The maximum Gasteiger partial charge on any atom is 0.416 e. The Hall–Kier alpha value is -0.900. The van der Waals surface area contributed by atoms with Crippen molar-refractivity contribution in [2.45, 2.75) is 12.1 Å². The molecule has 0 saturated carbocycles. The molecule has 0 aliphatic carbocycles. The van der Waals surface area contributed by atoms with Crippen LogP contribution in [-0.2, 0) is 12.1 Å². The van der Waals surface area contributed by atoms with Gasteiger partial charge in [0, 0.05) is 5.88 Å². The lowest BCUT2D eigenvalue weighted by Gasteiger charge is -2.10. The highest BCUT2D eigenvalue weighted by Crippen LogP contribution is 2.34. The minimum Gasteiger partial charge on any atom is -0.508 e. The van der Waals surface area contributed by atoms with E-state index in [0.29, 0.717) is 6.07 Å². The van der Waals surface area contributed by atoms with Gasteiger partial charge in [-0.05, 0) is 17.7 Å². The van der Waals surface area contributed by atoms with E-state index in [1.807, 2.05) is 0 Å². The summed E-state index contributed by atoms with van der Waals surface area (Å²) in [5.41, 5.74) is -0.922. The number of hydrogen-bond acceptors (Lipinski definition) is 1. The van der Waals surface area contributed by atoms with Crippen LogP contribution < -0.4 is 0 Å². The molecule has 13 heavy (non-hydrogen) atoms. The highest BCUT2D eigenvalue weighted by molar-refractivity contribution is 6.17. The van der Waals surface area contributed by atoms with E-state index in [1.54, 1.807) is 0 Å². The maximum atomic E-state index is 12.2. The highest BCUT2D eigenvalue weighted by atomic mass is 35.5. The number of phenolic OH excluding ortho intramolecular Hbond substituents is 1. The molecule has 0 aromatic heterocycles. The van der Waals surface area contributed by atoms with Gasteiger partial charge in [0.15, 0.2) is 0 Å². The summed E-state index contributed by atoms with van der Waals surface area (Å²) < 4.78 is 36.7. The largest absolute Gasteiger partial charge is 0.508 e. The summed E-state index contributed by atoms with van der Waals surface area (Å²) >= 11 is 5.31. The number of halogens is 4. The molecule has 5 heteroatoms. The second-order valence-corrected chi connectivity index (χ2v) is 2.74. The molecule has 0 spiro atoms. The molecule has 72 valence electrons. The Kier molecular flexibility index (Phi) is 2.71. The Balaban J connectivity index is 3.24. The number of rotatable bonds is 1. The molecule has 1 aromatic carbocycles. The van der Waals surface area contributed by atoms with E-state index in [4.69, 9.17) is 16.7 Å². The summed E-state index contributed by atoms with van der Waals surface area (Å²) in [6, 6.07) is 3.00. The lowest BCUT2D eigenvalue weighted by atomic mass is 10.1. The van der Waals surface area contributed by atoms with Crippen molar-refractivity contribution in [2.75, 3.05) is 0 Å². The van der Waals surface area contributed by atoms with Gasteiger partial charge in [-0.1, -0.05) is 6.07 Å². The second-order valence-electron chi connectivity index (χ2n) is 2.47. The first-order valence-corrected chi connectivity index (χ1v) is 3.93. The number of alkyl halides is 4. The molecule has 1 nitrogen and oxygen atoms in total. The van der Waals surface area contributed by atoms with Crippen molar-refractivity contribution in [3.05, 3.63) is 29.3 Å². The predicted octanol–water partition coefficient (Wildman–Crippen LogP) is 3.15. The third-order valence-corrected chi connectivity index (χ3v) is 1.83. The molecular weight excluding hydrogens is 205 g/mol. The fourth-order valence-corrected chi connectivity index (χ4v) is 1.18. The third-order valence-electron chi connectivity index (χ3n) is 1.54. The van der Waals surface area contributed by atoms with Crippen LogP contribution >= 0.6 is 11.6 Å². The zero-order valence-corrected chi connectivity index (χ0v) is 7.15.